The molecule has 3 aromatic rings. The van der Waals surface area contributed by atoms with Crippen molar-refractivity contribution in [3.05, 3.63) is 47.5 Å². The number of nitrogens with one attached hydrogen (secondary N) is 2. The number of nitrogens with zero attached hydrogens (tertiary/aromatic N) is 5. The molecular formula is C22H19N7O4. The van der Waals surface area contributed by atoms with Gasteiger partial charge in [-0.25, -0.2) is 14.6 Å². The van der Waals surface area contributed by atoms with Gasteiger partial charge in [-0.1, -0.05) is 0 Å². The Balaban J connectivity index is 1.21. The Labute approximate surface area is 187 Å². The van der Waals surface area contributed by atoms with Crippen LogP contribution < -0.4 is 10.6 Å². The van der Waals surface area contributed by atoms with E-state index in [0.717, 1.165) is 18.2 Å². The summed E-state index contributed by atoms with van der Waals surface area (Å²) in [7, 11) is 0. The zero-order valence-electron chi connectivity index (χ0n) is 17.4. The average molecular weight is 445 g/mol. The van der Waals surface area contributed by atoms with Crippen LogP contribution in [0.4, 0.5) is 5.69 Å². The van der Waals surface area contributed by atoms with Crippen LogP contribution in [-0.4, -0.2) is 54.3 Å². The van der Waals surface area contributed by atoms with E-state index in [1.807, 2.05) is 4.68 Å². The van der Waals surface area contributed by atoms with E-state index < -0.39 is 17.9 Å². The van der Waals surface area contributed by atoms with Crippen LogP contribution in [0.25, 0.3) is 11.0 Å². The average Bonchev–Trinajstić information content (AvgIpc) is 3.47. The number of rotatable bonds is 4. The van der Waals surface area contributed by atoms with Crippen molar-refractivity contribution in [2.45, 2.75) is 44.3 Å². The third-order valence-corrected chi connectivity index (χ3v) is 6.21. The maximum absolute atomic E-state index is 12.8. The largest absolute Gasteiger partial charge is 0.322 e. The molecule has 1 unspecified atom stereocenters. The van der Waals surface area contributed by atoms with Crippen molar-refractivity contribution >= 4 is 40.3 Å². The van der Waals surface area contributed by atoms with E-state index >= 15 is 0 Å². The van der Waals surface area contributed by atoms with Gasteiger partial charge in [0.15, 0.2) is 5.65 Å². The number of imide groups is 1. The number of hydrogen-bond acceptors (Lipinski definition) is 7. The van der Waals surface area contributed by atoms with Gasteiger partial charge >= 0.3 is 0 Å². The molecule has 166 valence electrons. The van der Waals surface area contributed by atoms with Crippen LogP contribution >= 0.6 is 0 Å². The molecule has 0 bridgehead atoms. The second kappa shape index (κ2) is 7.19. The van der Waals surface area contributed by atoms with Crippen molar-refractivity contribution < 1.29 is 19.2 Å². The Morgan fingerprint density at radius 1 is 1.12 bits per heavy atom. The van der Waals surface area contributed by atoms with E-state index in [1.54, 1.807) is 30.6 Å². The van der Waals surface area contributed by atoms with Gasteiger partial charge in [-0.3, -0.25) is 24.5 Å². The summed E-state index contributed by atoms with van der Waals surface area (Å²) in [6, 6.07) is 4.62. The Hall–Kier alpha value is -4.15. The maximum Gasteiger partial charge on any atom is 0.293 e. The summed E-state index contributed by atoms with van der Waals surface area (Å²) >= 11 is 0. The third-order valence-electron chi connectivity index (χ3n) is 6.21. The smallest absolute Gasteiger partial charge is 0.293 e. The number of carbonyl (C=O) groups excluding carboxylic acids is 4. The number of amides is 4. The van der Waals surface area contributed by atoms with Gasteiger partial charge in [0.25, 0.3) is 11.8 Å². The fourth-order valence-corrected chi connectivity index (χ4v) is 4.37. The molecule has 2 aromatic heterocycles. The number of hydrogen-bond donors (Lipinski definition) is 2. The van der Waals surface area contributed by atoms with E-state index in [1.165, 1.54) is 4.90 Å². The first-order valence-electron chi connectivity index (χ1n) is 10.8. The van der Waals surface area contributed by atoms with Crippen LogP contribution in [0.1, 0.15) is 58.3 Å². The number of aromatic nitrogens is 4. The molecule has 1 saturated heterocycles. The van der Waals surface area contributed by atoms with Crippen LogP contribution in [0.3, 0.4) is 0 Å². The number of piperidine rings is 1. The van der Waals surface area contributed by atoms with Crippen LogP contribution in [0.5, 0.6) is 0 Å². The zero-order chi connectivity index (χ0) is 22.7. The Bertz CT molecular complexity index is 1360. The van der Waals surface area contributed by atoms with Gasteiger partial charge in [-0.05, 0) is 43.0 Å². The van der Waals surface area contributed by atoms with Crippen molar-refractivity contribution in [2.75, 3.05) is 5.32 Å². The topological polar surface area (TPSA) is 139 Å². The van der Waals surface area contributed by atoms with Crippen molar-refractivity contribution in [1.29, 1.82) is 0 Å². The lowest BCUT2D eigenvalue weighted by Gasteiger charge is -2.29. The second-order valence-corrected chi connectivity index (χ2v) is 8.52. The molecule has 11 heteroatoms. The molecule has 0 spiro atoms. The molecule has 33 heavy (non-hydrogen) atoms. The summed E-state index contributed by atoms with van der Waals surface area (Å²) in [5.41, 5.74) is 2.31. The minimum atomic E-state index is -0.683. The van der Waals surface area contributed by atoms with Gasteiger partial charge in [0.1, 0.15) is 6.04 Å². The van der Waals surface area contributed by atoms with Gasteiger partial charge in [-0.15, -0.1) is 0 Å². The minimum Gasteiger partial charge on any atom is -0.322 e. The second-order valence-electron chi connectivity index (χ2n) is 8.52. The summed E-state index contributed by atoms with van der Waals surface area (Å²) in [4.78, 5) is 59.3. The highest BCUT2D eigenvalue weighted by molar-refractivity contribution is 6.06. The molecule has 1 aromatic carbocycles. The van der Waals surface area contributed by atoms with Crippen molar-refractivity contribution in [3.8, 4) is 0 Å². The zero-order valence-corrected chi connectivity index (χ0v) is 17.4. The first-order valence-corrected chi connectivity index (χ1v) is 10.8. The molecule has 3 aliphatic rings. The van der Waals surface area contributed by atoms with Crippen molar-refractivity contribution in [3.63, 3.8) is 0 Å². The minimum absolute atomic E-state index is 0.0339. The molecule has 1 aliphatic carbocycles. The molecule has 4 amide bonds. The Kier molecular flexibility index (Phi) is 4.25. The fourth-order valence-electron chi connectivity index (χ4n) is 4.37. The van der Waals surface area contributed by atoms with Gasteiger partial charge in [0.2, 0.25) is 17.6 Å². The third kappa shape index (κ3) is 3.32. The number of benzene rings is 1. The van der Waals surface area contributed by atoms with Crippen LogP contribution in [0, 0.1) is 0 Å². The monoisotopic (exact) mass is 445 g/mol. The lowest BCUT2D eigenvalue weighted by atomic mass is 10.0. The number of fused-ring (bicyclic) bond motifs is 2. The summed E-state index contributed by atoms with van der Waals surface area (Å²) in [5, 5.41) is 10.2. The van der Waals surface area contributed by atoms with Crippen molar-refractivity contribution in [1.82, 2.24) is 30.0 Å². The van der Waals surface area contributed by atoms with E-state index in [9.17, 15) is 19.2 Å². The molecular weight excluding hydrogens is 426 g/mol. The van der Waals surface area contributed by atoms with E-state index in [-0.39, 0.29) is 30.6 Å². The molecule has 2 N–H and O–H groups in total. The van der Waals surface area contributed by atoms with Gasteiger partial charge < -0.3 is 10.2 Å². The molecule has 6 rings (SSSR count). The molecule has 11 nitrogen and oxygen atoms in total. The normalized spacial score (nSPS) is 20.2. The summed E-state index contributed by atoms with van der Waals surface area (Å²) < 4.78 is 1.83. The maximum atomic E-state index is 12.8. The van der Waals surface area contributed by atoms with Gasteiger partial charge in [0, 0.05) is 30.4 Å². The van der Waals surface area contributed by atoms with E-state index in [0.29, 0.717) is 34.9 Å². The Morgan fingerprint density at radius 3 is 2.76 bits per heavy atom. The molecule has 2 fully saturated rings. The lowest BCUT2D eigenvalue weighted by Crippen LogP contribution is -2.52. The lowest BCUT2D eigenvalue weighted by molar-refractivity contribution is -0.136. The summed E-state index contributed by atoms with van der Waals surface area (Å²) in [6.45, 7) is 0.229. The van der Waals surface area contributed by atoms with Crippen LogP contribution in [-0.2, 0) is 16.1 Å². The standard InChI is InChI=1S/C22H19N7O4/c30-17-6-5-16(20(31)26-17)28-10-11-7-13(1-4-15(11)22(28)33)25-21(32)18-23-8-12-9-24-29(14-2-3-14)19(12)27-18/h1,4,7-9,14,16H,2-3,5-6,10H2,(H,25,32)(H,26,30,31). The molecule has 1 atom stereocenters. The van der Waals surface area contributed by atoms with Gasteiger partial charge in [0.05, 0.1) is 17.6 Å². The van der Waals surface area contributed by atoms with Crippen LogP contribution in [0.2, 0.25) is 0 Å². The van der Waals surface area contributed by atoms with Gasteiger partial charge in [-0.2, -0.15) is 5.10 Å². The molecule has 2 aliphatic heterocycles. The Morgan fingerprint density at radius 2 is 1.97 bits per heavy atom. The summed E-state index contributed by atoms with van der Waals surface area (Å²) in [5.74, 6) is -1.48. The highest BCUT2D eigenvalue weighted by atomic mass is 16.2. The quantitative estimate of drug-likeness (QED) is 0.575. The summed E-state index contributed by atoms with van der Waals surface area (Å²) in [6.07, 6.45) is 5.87. The highest BCUT2D eigenvalue weighted by Gasteiger charge is 2.39. The molecule has 0 radical (unpaired) electrons. The van der Waals surface area contributed by atoms with Crippen molar-refractivity contribution in [2.24, 2.45) is 0 Å². The van der Waals surface area contributed by atoms with E-state index in [4.69, 9.17) is 0 Å². The first-order chi connectivity index (χ1) is 16.0. The first kappa shape index (κ1) is 19.5. The predicted molar refractivity (Wildman–Crippen MR) is 114 cm³/mol. The number of anilines is 1. The molecule has 1 saturated carbocycles. The SMILES string of the molecule is O=C1CCC(N2Cc3cc(NC(=O)c4ncc5cnn(C6CC6)c5n4)ccc3C2=O)C(=O)N1. The predicted octanol–water partition coefficient (Wildman–Crippen LogP) is 1.17. The number of carbonyl (C=O) groups is 4. The highest BCUT2D eigenvalue weighted by Crippen LogP contribution is 2.36. The molecule has 4 heterocycles. The fraction of sp³-hybridized carbons (Fsp3) is 0.318. The van der Waals surface area contributed by atoms with Crippen LogP contribution in [0.15, 0.2) is 30.6 Å². The van der Waals surface area contributed by atoms with E-state index in [2.05, 4.69) is 25.7 Å².